The number of hydrogen-bond donors (Lipinski definition) is 2. The first-order valence-electron chi connectivity index (χ1n) is 6.88. The minimum absolute atomic E-state index is 0.00764. The second-order valence-corrected chi connectivity index (χ2v) is 4.77. The van der Waals surface area contributed by atoms with E-state index in [0.717, 1.165) is 6.42 Å². The van der Waals surface area contributed by atoms with Crippen LogP contribution in [0, 0.1) is 16.0 Å². The molecule has 1 rings (SSSR count). The van der Waals surface area contributed by atoms with Gasteiger partial charge in [-0.1, -0.05) is 20.3 Å². The van der Waals surface area contributed by atoms with Crippen LogP contribution in [0.5, 0.6) is 5.75 Å². The van der Waals surface area contributed by atoms with Crippen molar-refractivity contribution in [3.8, 4) is 5.75 Å². The van der Waals surface area contributed by atoms with E-state index in [2.05, 4.69) is 5.32 Å². The summed E-state index contributed by atoms with van der Waals surface area (Å²) >= 11 is 0. The van der Waals surface area contributed by atoms with Gasteiger partial charge in [-0.3, -0.25) is 14.9 Å². The highest BCUT2D eigenvalue weighted by Crippen LogP contribution is 2.29. The van der Waals surface area contributed by atoms with Gasteiger partial charge in [-0.05, 0) is 25.0 Å². The fraction of sp³-hybridized carbons (Fsp3) is 0.500. The molecule has 0 spiro atoms. The number of nitrogens with zero attached hydrogens (tertiary/aromatic N) is 1. The predicted octanol–water partition coefficient (Wildman–Crippen LogP) is 2.31. The first kappa shape index (κ1) is 16.9. The fourth-order valence-corrected chi connectivity index (χ4v) is 1.75. The van der Waals surface area contributed by atoms with Crippen molar-refractivity contribution in [1.82, 2.24) is 0 Å². The molecule has 0 saturated carbocycles. The zero-order valence-electron chi connectivity index (χ0n) is 12.5. The number of nitrogens with one attached hydrogen (secondary N) is 1. The number of carbonyl (C=O) groups is 1. The van der Waals surface area contributed by atoms with E-state index in [4.69, 9.17) is 10.5 Å². The third kappa shape index (κ3) is 4.42. The van der Waals surface area contributed by atoms with Gasteiger partial charge in [0.25, 0.3) is 5.69 Å². The summed E-state index contributed by atoms with van der Waals surface area (Å²) < 4.78 is 5.22. The summed E-state index contributed by atoms with van der Waals surface area (Å²) in [4.78, 5) is 22.5. The molecule has 0 aliphatic heterocycles. The maximum Gasteiger partial charge on any atom is 0.296 e. The van der Waals surface area contributed by atoms with Crippen LogP contribution in [-0.2, 0) is 4.79 Å². The summed E-state index contributed by atoms with van der Waals surface area (Å²) in [5.74, 6) is -0.0585. The summed E-state index contributed by atoms with van der Waals surface area (Å²) in [7, 11) is 0. The number of anilines is 1. The number of nitro groups is 1. The SMILES string of the molecule is CCOc1ccc(NC(=O)C(N)C(C)CC)c([N+](=O)[O-])c1. The highest BCUT2D eigenvalue weighted by molar-refractivity contribution is 5.96. The molecule has 0 radical (unpaired) electrons. The van der Waals surface area contributed by atoms with E-state index < -0.39 is 16.9 Å². The zero-order chi connectivity index (χ0) is 16.0. The molecule has 7 nitrogen and oxygen atoms in total. The van der Waals surface area contributed by atoms with Gasteiger partial charge in [0.1, 0.15) is 11.4 Å². The Morgan fingerprint density at radius 3 is 2.67 bits per heavy atom. The van der Waals surface area contributed by atoms with Gasteiger partial charge < -0.3 is 15.8 Å². The molecule has 0 heterocycles. The molecule has 21 heavy (non-hydrogen) atoms. The van der Waals surface area contributed by atoms with Crippen molar-refractivity contribution >= 4 is 17.3 Å². The second kappa shape index (κ2) is 7.58. The van der Waals surface area contributed by atoms with Crippen LogP contribution in [0.15, 0.2) is 18.2 Å². The molecular weight excluding hydrogens is 274 g/mol. The van der Waals surface area contributed by atoms with Gasteiger partial charge in [-0.2, -0.15) is 0 Å². The predicted molar refractivity (Wildman–Crippen MR) is 80.3 cm³/mol. The van der Waals surface area contributed by atoms with Gasteiger partial charge in [0.05, 0.1) is 23.6 Å². The zero-order valence-corrected chi connectivity index (χ0v) is 12.5. The Kier molecular flexibility index (Phi) is 6.10. The Balaban J connectivity index is 2.97. The number of nitrogens with two attached hydrogens (primary N) is 1. The summed E-state index contributed by atoms with van der Waals surface area (Å²) in [6, 6.07) is 3.60. The van der Waals surface area contributed by atoms with Crippen LogP contribution in [0.3, 0.4) is 0 Å². The standard InChI is InChI=1S/C14H21N3O4/c1-4-9(3)13(15)14(18)16-11-7-6-10(21-5-2)8-12(11)17(19)20/h6-9,13H,4-5,15H2,1-3H3,(H,16,18). The lowest BCUT2D eigenvalue weighted by atomic mass is 9.99. The lowest BCUT2D eigenvalue weighted by Crippen LogP contribution is -2.40. The van der Waals surface area contributed by atoms with Crippen molar-refractivity contribution in [2.24, 2.45) is 11.7 Å². The quantitative estimate of drug-likeness (QED) is 0.592. The monoisotopic (exact) mass is 295 g/mol. The fourth-order valence-electron chi connectivity index (χ4n) is 1.75. The molecule has 0 fully saturated rings. The number of amides is 1. The molecule has 0 saturated heterocycles. The minimum Gasteiger partial charge on any atom is -0.494 e. The summed E-state index contributed by atoms with van der Waals surface area (Å²) in [5, 5.41) is 13.6. The number of benzene rings is 1. The van der Waals surface area contributed by atoms with E-state index >= 15 is 0 Å². The molecule has 7 heteroatoms. The minimum atomic E-state index is -0.707. The number of carbonyl (C=O) groups excluding carboxylic acids is 1. The Labute approximate surface area is 123 Å². The maximum atomic E-state index is 12.0. The number of rotatable bonds is 7. The molecule has 2 atom stereocenters. The number of nitro benzene ring substituents is 1. The summed E-state index contributed by atoms with van der Waals surface area (Å²) in [6.45, 7) is 5.97. The highest BCUT2D eigenvalue weighted by atomic mass is 16.6. The van der Waals surface area contributed by atoms with Crippen LogP contribution in [0.2, 0.25) is 0 Å². The topological polar surface area (TPSA) is 107 Å². The number of hydrogen-bond acceptors (Lipinski definition) is 5. The van der Waals surface area contributed by atoms with Crippen molar-refractivity contribution in [3.63, 3.8) is 0 Å². The van der Waals surface area contributed by atoms with Crippen LogP contribution in [0.4, 0.5) is 11.4 Å². The Bertz CT molecular complexity index is 519. The van der Waals surface area contributed by atoms with Gasteiger partial charge in [0, 0.05) is 0 Å². The van der Waals surface area contributed by atoms with Crippen molar-refractivity contribution in [3.05, 3.63) is 28.3 Å². The molecule has 2 unspecified atom stereocenters. The lowest BCUT2D eigenvalue weighted by molar-refractivity contribution is -0.384. The van der Waals surface area contributed by atoms with E-state index in [-0.39, 0.29) is 17.3 Å². The molecule has 1 amide bonds. The molecular formula is C14H21N3O4. The summed E-state index contributed by atoms with van der Waals surface area (Å²) in [5.41, 5.74) is 5.72. The van der Waals surface area contributed by atoms with Crippen molar-refractivity contribution < 1.29 is 14.5 Å². The van der Waals surface area contributed by atoms with Crippen LogP contribution in [0.25, 0.3) is 0 Å². The third-order valence-corrected chi connectivity index (χ3v) is 3.29. The van der Waals surface area contributed by atoms with Crippen LogP contribution in [0.1, 0.15) is 27.2 Å². The average molecular weight is 295 g/mol. The molecule has 0 aliphatic carbocycles. The molecule has 1 aromatic carbocycles. The van der Waals surface area contributed by atoms with Crippen molar-refractivity contribution in [2.75, 3.05) is 11.9 Å². The van der Waals surface area contributed by atoms with Gasteiger partial charge >= 0.3 is 0 Å². The normalized spacial score (nSPS) is 13.3. The van der Waals surface area contributed by atoms with Crippen LogP contribution < -0.4 is 15.8 Å². The average Bonchev–Trinajstić information content (AvgIpc) is 2.47. The van der Waals surface area contributed by atoms with E-state index in [9.17, 15) is 14.9 Å². The molecule has 0 aromatic heterocycles. The smallest absolute Gasteiger partial charge is 0.296 e. The molecule has 0 aliphatic rings. The Morgan fingerprint density at radius 1 is 1.48 bits per heavy atom. The van der Waals surface area contributed by atoms with E-state index in [1.54, 1.807) is 13.0 Å². The maximum absolute atomic E-state index is 12.0. The van der Waals surface area contributed by atoms with Gasteiger partial charge in [-0.15, -0.1) is 0 Å². The van der Waals surface area contributed by atoms with Gasteiger partial charge in [0.2, 0.25) is 5.91 Å². The van der Waals surface area contributed by atoms with Crippen molar-refractivity contribution in [1.29, 1.82) is 0 Å². The lowest BCUT2D eigenvalue weighted by Gasteiger charge is -2.17. The third-order valence-electron chi connectivity index (χ3n) is 3.29. The van der Waals surface area contributed by atoms with E-state index in [1.165, 1.54) is 12.1 Å². The van der Waals surface area contributed by atoms with Gasteiger partial charge in [0.15, 0.2) is 0 Å². The molecule has 116 valence electrons. The van der Waals surface area contributed by atoms with Crippen LogP contribution >= 0.6 is 0 Å². The second-order valence-electron chi connectivity index (χ2n) is 4.77. The Morgan fingerprint density at radius 2 is 2.14 bits per heavy atom. The van der Waals surface area contributed by atoms with E-state index in [1.807, 2.05) is 13.8 Å². The summed E-state index contributed by atoms with van der Waals surface area (Å²) in [6.07, 6.45) is 0.750. The van der Waals surface area contributed by atoms with Crippen LogP contribution in [-0.4, -0.2) is 23.5 Å². The Hall–Kier alpha value is -2.15. The first-order chi connectivity index (χ1) is 9.90. The number of ether oxygens (including phenoxy) is 1. The van der Waals surface area contributed by atoms with Crippen molar-refractivity contribution in [2.45, 2.75) is 33.2 Å². The largest absolute Gasteiger partial charge is 0.494 e. The molecule has 0 bridgehead atoms. The van der Waals surface area contributed by atoms with Gasteiger partial charge in [-0.25, -0.2) is 0 Å². The molecule has 1 aromatic rings. The first-order valence-corrected chi connectivity index (χ1v) is 6.88. The highest BCUT2D eigenvalue weighted by Gasteiger charge is 2.23. The van der Waals surface area contributed by atoms with E-state index in [0.29, 0.717) is 12.4 Å². The molecule has 3 N–H and O–H groups in total.